The molecule has 2 N–H and O–H groups in total. The third kappa shape index (κ3) is 2.67. The Kier molecular flexibility index (Phi) is 3.83. The number of hydrogen-bond acceptors (Lipinski definition) is 3. The quantitative estimate of drug-likeness (QED) is 0.929. The standard InChI is InChI=1S/C15H20BrNO2/c1-9-13(3-5-18-9)14(17)8-11-7-12(16)6-10-2-4-19-15(10)11/h6-7,9,13-14H,2-5,8,17H2,1H3. The molecule has 4 heteroatoms. The molecule has 3 rings (SSSR count). The van der Waals surface area contributed by atoms with Gasteiger partial charge >= 0.3 is 0 Å². The first kappa shape index (κ1) is 13.4. The summed E-state index contributed by atoms with van der Waals surface area (Å²) in [7, 11) is 0. The molecule has 1 aromatic rings. The lowest BCUT2D eigenvalue weighted by Crippen LogP contribution is -2.36. The number of ether oxygens (including phenoxy) is 2. The van der Waals surface area contributed by atoms with Gasteiger partial charge in [-0.2, -0.15) is 0 Å². The SMILES string of the molecule is CC1OCCC1C(N)Cc1cc(Br)cc2c1OCC2. The van der Waals surface area contributed by atoms with Gasteiger partial charge in [-0.3, -0.25) is 0 Å². The Morgan fingerprint density at radius 3 is 3.00 bits per heavy atom. The third-order valence-electron chi connectivity index (χ3n) is 4.27. The minimum atomic E-state index is 0.139. The van der Waals surface area contributed by atoms with Gasteiger partial charge in [0.25, 0.3) is 0 Å². The maximum absolute atomic E-state index is 6.39. The Hall–Kier alpha value is -0.580. The summed E-state index contributed by atoms with van der Waals surface area (Å²) in [6.45, 7) is 3.75. The molecule has 0 spiro atoms. The molecule has 1 saturated heterocycles. The van der Waals surface area contributed by atoms with Crippen LogP contribution in [-0.2, 0) is 17.6 Å². The smallest absolute Gasteiger partial charge is 0.125 e. The van der Waals surface area contributed by atoms with Gasteiger partial charge in [-0.05, 0) is 43.0 Å². The maximum Gasteiger partial charge on any atom is 0.125 e. The van der Waals surface area contributed by atoms with Gasteiger partial charge in [-0.1, -0.05) is 15.9 Å². The second kappa shape index (κ2) is 5.43. The summed E-state index contributed by atoms with van der Waals surface area (Å²) in [4.78, 5) is 0. The molecule has 0 radical (unpaired) electrons. The molecular weight excluding hydrogens is 306 g/mol. The minimum absolute atomic E-state index is 0.139. The number of benzene rings is 1. The van der Waals surface area contributed by atoms with Crippen molar-refractivity contribution in [3.8, 4) is 5.75 Å². The highest BCUT2D eigenvalue weighted by molar-refractivity contribution is 9.10. The largest absolute Gasteiger partial charge is 0.493 e. The van der Waals surface area contributed by atoms with Crippen molar-refractivity contribution in [2.45, 2.75) is 38.3 Å². The molecule has 3 atom stereocenters. The summed E-state index contributed by atoms with van der Waals surface area (Å²) >= 11 is 3.58. The first-order valence-electron chi connectivity index (χ1n) is 6.96. The molecule has 0 bridgehead atoms. The van der Waals surface area contributed by atoms with Gasteiger partial charge in [0.15, 0.2) is 0 Å². The predicted molar refractivity (Wildman–Crippen MR) is 78.5 cm³/mol. The fourth-order valence-corrected chi connectivity index (χ4v) is 3.77. The fraction of sp³-hybridized carbons (Fsp3) is 0.600. The van der Waals surface area contributed by atoms with Crippen molar-refractivity contribution in [3.63, 3.8) is 0 Å². The molecule has 2 heterocycles. The van der Waals surface area contributed by atoms with Crippen LogP contribution in [0.3, 0.4) is 0 Å². The molecule has 19 heavy (non-hydrogen) atoms. The summed E-state index contributed by atoms with van der Waals surface area (Å²) in [5.74, 6) is 1.52. The Bertz CT molecular complexity index is 477. The molecule has 3 unspecified atom stereocenters. The van der Waals surface area contributed by atoms with E-state index >= 15 is 0 Å². The number of nitrogens with two attached hydrogens (primary N) is 1. The summed E-state index contributed by atoms with van der Waals surface area (Å²) in [5, 5.41) is 0. The zero-order valence-corrected chi connectivity index (χ0v) is 12.8. The molecule has 3 nitrogen and oxygen atoms in total. The van der Waals surface area contributed by atoms with Gasteiger partial charge in [0, 0.05) is 29.5 Å². The number of rotatable bonds is 3. The van der Waals surface area contributed by atoms with Crippen molar-refractivity contribution < 1.29 is 9.47 Å². The Morgan fingerprint density at radius 2 is 2.26 bits per heavy atom. The number of halogens is 1. The van der Waals surface area contributed by atoms with Gasteiger partial charge < -0.3 is 15.2 Å². The van der Waals surface area contributed by atoms with E-state index < -0.39 is 0 Å². The van der Waals surface area contributed by atoms with E-state index in [0.717, 1.165) is 42.7 Å². The van der Waals surface area contributed by atoms with E-state index in [2.05, 4.69) is 35.0 Å². The molecule has 0 aliphatic carbocycles. The van der Waals surface area contributed by atoms with E-state index in [1.54, 1.807) is 0 Å². The first-order valence-corrected chi connectivity index (χ1v) is 7.75. The first-order chi connectivity index (χ1) is 9.15. The average Bonchev–Trinajstić information content (AvgIpc) is 2.97. The van der Waals surface area contributed by atoms with Crippen LogP contribution in [0, 0.1) is 5.92 Å². The van der Waals surface area contributed by atoms with E-state index in [0.29, 0.717) is 5.92 Å². The summed E-state index contributed by atoms with van der Waals surface area (Å²) in [6, 6.07) is 4.43. The Labute approximate surface area is 122 Å². The van der Waals surface area contributed by atoms with Crippen molar-refractivity contribution in [3.05, 3.63) is 27.7 Å². The molecule has 1 fully saturated rings. The number of hydrogen-bond donors (Lipinski definition) is 1. The van der Waals surface area contributed by atoms with E-state index in [-0.39, 0.29) is 12.1 Å². The molecule has 0 amide bonds. The molecular formula is C15H20BrNO2. The molecule has 2 aliphatic rings. The van der Waals surface area contributed by atoms with Crippen molar-refractivity contribution in [2.24, 2.45) is 11.7 Å². The molecule has 2 aliphatic heterocycles. The Balaban J connectivity index is 1.79. The van der Waals surface area contributed by atoms with Gasteiger partial charge in [-0.25, -0.2) is 0 Å². The Morgan fingerprint density at radius 1 is 1.42 bits per heavy atom. The highest BCUT2D eigenvalue weighted by Crippen LogP contribution is 2.35. The average molecular weight is 326 g/mol. The van der Waals surface area contributed by atoms with Crippen LogP contribution in [0.5, 0.6) is 5.75 Å². The monoisotopic (exact) mass is 325 g/mol. The van der Waals surface area contributed by atoms with E-state index in [1.165, 1.54) is 11.1 Å². The lowest BCUT2D eigenvalue weighted by Gasteiger charge is -2.23. The van der Waals surface area contributed by atoms with Crippen LogP contribution in [0.2, 0.25) is 0 Å². The molecule has 0 saturated carbocycles. The second-order valence-corrected chi connectivity index (χ2v) is 6.46. The second-order valence-electron chi connectivity index (χ2n) is 5.55. The van der Waals surface area contributed by atoms with Crippen LogP contribution in [0.1, 0.15) is 24.5 Å². The normalized spacial score (nSPS) is 27.1. The van der Waals surface area contributed by atoms with Crippen molar-refractivity contribution in [1.82, 2.24) is 0 Å². The zero-order valence-electron chi connectivity index (χ0n) is 11.2. The van der Waals surface area contributed by atoms with Crippen LogP contribution >= 0.6 is 15.9 Å². The van der Waals surface area contributed by atoms with Crippen LogP contribution in [0.15, 0.2) is 16.6 Å². The highest BCUT2D eigenvalue weighted by atomic mass is 79.9. The maximum atomic E-state index is 6.39. The summed E-state index contributed by atoms with van der Waals surface area (Å²) < 4.78 is 12.5. The van der Waals surface area contributed by atoms with Gasteiger partial charge in [0.05, 0.1) is 12.7 Å². The van der Waals surface area contributed by atoms with Crippen LogP contribution in [-0.4, -0.2) is 25.4 Å². The molecule has 104 valence electrons. The van der Waals surface area contributed by atoms with Gasteiger partial charge in [0.1, 0.15) is 5.75 Å². The molecule has 0 aromatic heterocycles. The van der Waals surface area contributed by atoms with Crippen molar-refractivity contribution in [1.29, 1.82) is 0 Å². The minimum Gasteiger partial charge on any atom is -0.493 e. The van der Waals surface area contributed by atoms with E-state index in [1.807, 2.05) is 0 Å². The van der Waals surface area contributed by atoms with Gasteiger partial charge in [0.2, 0.25) is 0 Å². The van der Waals surface area contributed by atoms with Crippen LogP contribution in [0.25, 0.3) is 0 Å². The van der Waals surface area contributed by atoms with Crippen LogP contribution < -0.4 is 10.5 Å². The molecule has 1 aromatic carbocycles. The topological polar surface area (TPSA) is 44.5 Å². The zero-order chi connectivity index (χ0) is 13.4. The van der Waals surface area contributed by atoms with Crippen LogP contribution in [0.4, 0.5) is 0 Å². The lowest BCUT2D eigenvalue weighted by atomic mass is 9.89. The number of fused-ring (bicyclic) bond motifs is 1. The van der Waals surface area contributed by atoms with E-state index in [4.69, 9.17) is 15.2 Å². The van der Waals surface area contributed by atoms with Crippen molar-refractivity contribution >= 4 is 15.9 Å². The summed E-state index contributed by atoms with van der Waals surface area (Å²) in [6.07, 6.45) is 3.20. The summed E-state index contributed by atoms with van der Waals surface area (Å²) in [5.41, 5.74) is 8.92. The highest BCUT2D eigenvalue weighted by Gasteiger charge is 2.31. The fourth-order valence-electron chi connectivity index (χ4n) is 3.21. The van der Waals surface area contributed by atoms with Crippen molar-refractivity contribution in [2.75, 3.05) is 13.2 Å². The lowest BCUT2D eigenvalue weighted by molar-refractivity contribution is 0.0994. The van der Waals surface area contributed by atoms with Gasteiger partial charge in [-0.15, -0.1) is 0 Å². The van der Waals surface area contributed by atoms with E-state index in [9.17, 15) is 0 Å². The third-order valence-corrected chi connectivity index (χ3v) is 4.72. The predicted octanol–water partition coefficient (Wildman–Crippen LogP) is 2.68.